The molecule has 0 saturated carbocycles. The number of imidazole rings is 1. The highest BCUT2D eigenvalue weighted by atomic mass is 19.4. The van der Waals surface area contributed by atoms with E-state index < -0.39 is 24.2 Å². The Morgan fingerprint density at radius 2 is 2.25 bits per heavy atom. The van der Waals surface area contributed by atoms with Crippen LogP contribution < -0.4 is 0 Å². The summed E-state index contributed by atoms with van der Waals surface area (Å²) < 4.78 is 50.7. The van der Waals surface area contributed by atoms with Crippen molar-refractivity contribution in [2.45, 2.75) is 18.7 Å². The molecule has 0 N–H and O–H groups in total. The molecule has 0 radical (unpaired) electrons. The van der Waals surface area contributed by atoms with E-state index in [1.165, 1.54) is 24.7 Å². The molecule has 0 aromatic carbocycles. The van der Waals surface area contributed by atoms with Crippen LogP contribution in [-0.4, -0.2) is 46.0 Å². The first kappa shape index (κ1) is 16.4. The Morgan fingerprint density at radius 3 is 2.79 bits per heavy atom. The lowest BCUT2D eigenvalue weighted by Crippen LogP contribution is -2.40. The van der Waals surface area contributed by atoms with Crippen LogP contribution in [0.1, 0.15) is 16.8 Å². The number of pyridine rings is 1. The van der Waals surface area contributed by atoms with E-state index in [1.54, 1.807) is 17.0 Å². The van der Waals surface area contributed by atoms with E-state index in [0.29, 0.717) is 5.82 Å². The van der Waals surface area contributed by atoms with Crippen molar-refractivity contribution in [3.05, 3.63) is 42.6 Å². The molecular weight excluding hydrogens is 327 g/mol. The molecule has 6 nitrogen and oxygen atoms in total. The monoisotopic (exact) mass is 341 g/mol. The molecule has 24 heavy (non-hydrogen) atoms. The fourth-order valence-corrected chi connectivity index (χ4v) is 2.46. The van der Waals surface area contributed by atoms with E-state index in [9.17, 15) is 18.0 Å². The van der Waals surface area contributed by atoms with Gasteiger partial charge in [0.25, 0.3) is 0 Å². The number of aromatic nitrogens is 3. The van der Waals surface area contributed by atoms with Crippen molar-refractivity contribution >= 4 is 5.97 Å². The van der Waals surface area contributed by atoms with Gasteiger partial charge >= 0.3 is 12.1 Å². The number of hydrogen-bond acceptors (Lipinski definition) is 5. The Labute approximate surface area is 135 Å². The second kappa shape index (κ2) is 6.60. The van der Waals surface area contributed by atoms with Crippen LogP contribution >= 0.6 is 0 Å². The molecular formula is C15H14F3N3O3. The van der Waals surface area contributed by atoms with E-state index in [1.807, 2.05) is 0 Å². The summed E-state index contributed by atoms with van der Waals surface area (Å²) in [7, 11) is 0. The maximum absolute atomic E-state index is 13.1. The van der Waals surface area contributed by atoms with Crippen LogP contribution in [0.15, 0.2) is 37.1 Å². The van der Waals surface area contributed by atoms with Crippen LogP contribution in [0.2, 0.25) is 0 Å². The van der Waals surface area contributed by atoms with Gasteiger partial charge < -0.3 is 9.47 Å². The summed E-state index contributed by atoms with van der Waals surface area (Å²) in [6.45, 7) is 0.158. The average Bonchev–Trinajstić information content (AvgIpc) is 3.24. The number of carbonyl (C=O) groups is 1. The number of carbonyl (C=O) groups excluding carboxylic acids is 1. The summed E-state index contributed by atoms with van der Waals surface area (Å²) in [4.78, 5) is 19.9. The molecule has 0 aliphatic carbocycles. The quantitative estimate of drug-likeness (QED) is 0.799. The zero-order chi connectivity index (χ0) is 17.2. The molecule has 1 fully saturated rings. The zero-order valence-corrected chi connectivity index (χ0v) is 12.4. The highest BCUT2D eigenvalue weighted by Gasteiger charge is 2.49. The Balaban J connectivity index is 1.73. The standard InChI is InChI=1S/C15H14F3N3O3/c16-15(17,18)13(11-3-6-23-8-11)24-14(22)10-1-2-12(20-7-10)21-5-4-19-9-21/h1-2,4-5,7,9,11,13H,3,6,8H2/t11-,13-/m1/s1. The van der Waals surface area contributed by atoms with Crippen LogP contribution in [-0.2, 0) is 9.47 Å². The fourth-order valence-electron chi connectivity index (χ4n) is 2.46. The van der Waals surface area contributed by atoms with E-state index >= 15 is 0 Å². The number of hydrogen-bond donors (Lipinski definition) is 0. The molecule has 9 heteroatoms. The van der Waals surface area contributed by atoms with Gasteiger partial charge in [0.1, 0.15) is 12.1 Å². The number of rotatable bonds is 4. The molecule has 0 amide bonds. The Kier molecular flexibility index (Phi) is 4.52. The van der Waals surface area contributed by atoms with Crippen molar-refractivity contribution in [2.75, 3.05) is 13.2 Å². The molecule has 3 rings (SSSR count). The fraction of sp³-hybridized carbons (Fsp3) is 0.400. The first-order chi connectivity index (χ1) is 11.4. The van der Waals surface area contributed by atoms with Crippen molar-refractivity contribution in [3.8, 4) is 5.82 Å². The maximum Gasteiger partial charge on any atom is 0.425 e. The molecule has 0 unspecified atom stereocenters. The summed E-state index contributed by atoms with van der Waals surface area (Å²) in [6, 6.07) is 2.86. The van der Waals surface area contributed by atoms with Gasteiger partial charge in [-0.2, -0.15) is 13.2 Å². The van der Waals surface area contributed by atoms with Crippen molar-refractivity contribution in [2.24, 2.45) is 5.92 Å². The zero-order valence-electron chi connectivity index (χ0n) is 12.4. The average molecular weight is 341 g/mol. The van der Waals surface area contributed by atoms with E-state index in [0.717, 1.165) is 0 Å². The predicted molar refractivity (Wildman–Crippen MR) is 75.5 cm³/mol. The van der Waals surface area contributed by atoms with E-state index in [-0.39, 0.29) is 25.2 Å². The molecule has 1 aliphatic rings. The SMILES string of the molecule is O=C(O[C@H]([C@@H]1CCOC1)C(F)(F)F)c1ccc(-n2ccnc2)nc1. The van der Waals surface area contributed by atoms with Gasteiger partial charge in [-0.3, -0.25) is 4.57 Å². The Bertz CT molecular complexity index is 680. The van der Waals surface area contributed by atoms with Gasteiger partial charge in [0.2, 0.25) is 6.10 Å². The first-order valence-electron chi connectivity index (χ1n) is 7.25. The molecule has 0 spiro atoms. The second-order valence-electron chi connectivity index (χ2n) is 5.37. The topological polar surface area (TPSA) is 66.2 Å². The molecule has 1 saturated heterocycles. The number of ether oxygens (including phenoxy) is 2. The van der Waals surface area contributed by atoms with E-state index in [4.69, 9.17) is 9.47 Å². The first-order valence-corrected chi connectivity index (χ1v) is 7.25. The van der Waals surface area contributed by atoms with Gasteiger partial charge in [0.05, 0.1) is 12.2 Å². The molecule has 1 aliphatic heterocycles. The summed E-state index contributed by atoms with van der Waals surface area (Å²) >= 11 is 0. The lowest BCUT2D eigenvalue weighted by molar-refractivity contribution is -0.219. The maximum atomic E-state index is 13.1. The molecule has 2 atom stereocenters. The number of alkyl halides is 3. The molecule has 3 heterocycles. The third-order valence-electron chi connectivity index (χ3n) is 3.70. The van der Waals surface area contributed by atoms with Crippen molar-refractivity contribution < 1.29 is 27.4 Å². The number of halogens is 3. The lowest BCUT2D eigenvalue weighted by Gasteiger charge is -2.24. The van der Waals surface area contributed by atoms with Crippen molar-refractivity contribution in [1.82, 2.24) is 14.5 Å². The summed E-state index contributed by atoms with van der Waals surface area (Å²) in [5.74, 6) is -1.46. The number of esters is 1. The third-order valence-corrected chi connectivity index (χ3v) is 3.70. The van der Waals surface area contributed by atoms with Crippen LogP contribution in [0, 0.1) is 5.92 Å². The van der Waals surface area contributed by atoms with Crippen LogP contribution in [0.5, 0.6) is 0 Å². The predicted octanol–water partition coefficient (Wildman–Crippen LogP) is 2.39. The highest BCUT2D eigenvalue weighted by Crippen LogP contribution is 2.33. The molecule has 2 aromatic heterocycles. The summed E-state index contributed by atoms with van der Waals surface area (Å²) in [5, 5.41) is 0. The van der Waals surface area contributed by atoms with Gasteiger partial charge in [-0.05, 0) is 18.6 Å². The van der Waals surface area contributed by atoms with Gasteiger partial charge in [0.15, 0.2) is 0 Å². The molecule has 2 aromatic rings. The smallest absolute Gasteiger partial charge is 0.425 e. The molecule has 128 valence electrons. The van der Waals surface area contributed by atoms with E-state index in [2.05, 4.69) is 9.97 Å². The van der Waals surface area contributed by atoms with Crippen molar-refractivity contribution in [1.29, 1.82) is 0 Å². The van der Waals surface area contributed by atoms with Crippen LogP contribution in [0.4, 0.5) is 13.2 Å². The third kappa shape index (κ3) is 3.56. The van der Waals surface area contributed by atoms with Gasteiger partial charge in [-0.25, -0.2) is 14.8 Å². The largest absolute Gasteiger partial charge is 0.449 e. The van der Waals surface area contributed by atoms with Crippen molar-refractivity contribution in [3.63, 3.8) is 0 Å². The Morgan fingerprint density at radius 1 is 1.42 bits per heavy atom. The lowest BCUT2D eigenvalue weighted by atomic mass is 10.0. The number of nitrogens with zero attached hydrogens (tertiary/aromatic N) is 3. The highest BCUT2D eigenvalue weighted by molar-refractivity contribution is 5.89. The Hall–Kier alpha value is -2.42. The van der Waals surface area contributed by atoms with Gasteiger partial charge in [0, 0.05) is 31.1 Å². The minimum absolute atomic E-state index is 0.0490. The summed E-state index contributed by atoms with van der Waals surface area (Å²) in [5.41, 5.74) is -0.0490. The van der Waals surface area contributed by atoms with Gasteiger partial charge in [-0.1, -0.05) is 0 Å². The molecule has 0 bridgehead atoms. The van der Waals surface area contributed by atoms with Gasteiger partial charge in [-0.15, -0.1) is 0 Å². The minimum atomic E-state index is -4.64. The van der Waals surface area contributed by atoms with Crippen LogP contribution in [0.25, 0.3) is 5.82 Å². The second-order valence-corrected chi connectivity index (χ2v) is 5.37. The summed E-state index contributed by atoms with van der Waals surface area (Å²) in [6.07, 6.45) is -0.716. The minimum Gasteiger partial charge on any atom is -0.449 e. The normalized spacial score (nSPS) is 19.2. The van der Waals surface area contributed by atoms with Crippen LogP contribution in [0.3, 0.4) is 0 Å².